The summed E-state index contributed by atoms with van der Waals surface area (Å²) in [4.78, 5) is 12.6. The smallest absolute Gasteiger partial charge is 0.317 e. The first-order chi connectivity index (χ1) is 6.63. The molecule has 0 heterocycles. The minimum Gasteiger partial charge on any atom is -0.341 e. The summed E-state index contributed by atoms with van der Waals surface area (Å²) in [5.74, 6) is -0.284. The van der Waals surface area contributed by atoms with Crippen LogP contribution in [0.25, 0.3) is 0 Å². The van der Waals surface area contributed by atoms with E-state index in [-0.39, 0.29) is 11.8 Å². The molecule has 0 aliphatic heterocycles. The van der Waals surface area contributed by atoms with Crippen LogP contribution in [-0.4, -0.2) is 25.0 Å². The first-order valence-corrected chi connectivity index (χ1v) is 4.31. The molecule has 1 N–H and O–H groups in total. The van der Waals surface area contributed by atoms with Crippen LogP contribution in [-0.2, 0) is 6.54 Å². The topological polar surface area (TPSA) is 32.3 Å². The van der Waals surface area contributed by atoms with E-state index in [2.05, 4.69) is 5.32 Å². The summed E-state index contributed by atoms with van der Waals surface area (Å²) >= 11 is 0. The van der Waals surface area contributed by atoms with Gasteiger partial charge in [0.1, 0.15) is 5.82 Å². The predicted molar refractivity (Wildman–Crippen MR) is 52.3 cm³/mol. The molecule has 0 saturated heterocycles. The summed E-state index contributed by atoms with van der Waals surface area (Å²) in [5, 5.41) is 2.49. The zero-order valence-corrected chi connectivity index (χ0v) is 8.25. The molecule has 1 aromatic rings. The second kappa shape index (κ2) is 4.60. The summed E-state index contributed by atoms with van der Waals surface area (Å²) in [6.45, 7) is 0.400. The Balaban J connectivity index is 2.64. The van der Waals surface area contributed by atoms with Crippen molar-refractivity contribution in [1.82, 2.24) is 10.2 Å². The number of carbonyl (C=O) groups is 1. The normalized spacial score (nSPS) is 9.64. The summed E-state index contributed by atoms with van der Waals surface area (Å²) in [6.07, 6.45) is 0. The number of halogens is 1. The molecule has 3 nitrogen and oxygen atoms in total. The lowest BCUT2D eigenvalue weighted by Gasteiger charge is -2.16. The number of nitrogens with one attached hydrogen (secondary N) is 1. The average molecular weight is 196 g/mol. The lowest BCUT2D eigenvalue weighted by atomic mass is 10.2. The highest BCUT2D eigenvalue weighted by Gasteiger charge is 2.06. The van der Waals surface area contributed by atoms with Crippen LogP contribution in [0, 0.1) is 5.82 Å². The third-order valence-electron chi connectivity index (χ3n) is 1.87. The number of hydrogen-bond acceptors (Lipinski definition) is 1. The van der Waals surface area contributed by atoms with E-state index in [4.69, 9.17) is 0 Å². The molecule has 0 bridgehead atoms. The number of urea groups is 1. The average Bonchev–Trinajstić information content (AvgIpc) is 2.16. The van der Waals surface area contributed by atoms with Gasteiger partial charge in [-0.2, -0.15) is 0 Å². The maximum absolute atomic E-state index is 12.8. The van der Waals surface area contributed by atoms with Gasteiger partial charge in [-0.15, -0.1) is 0 Å². The van der Waals surface area contributed by atoms with E-state index in [0.29, 0.717) is 6.54 Å². The van der Waals surface area contributed by atoms with Crippen molar-refractivity contribution in [1.29, 1.82) is 0 Å². The van der Waals surface area contributed by atoms with Crippen LogP contribution >= 0.6 is 0 Å². The number of carbonyl (C=O) groups excluding carboxylic acids is 1. The zero-order valence-electron chi connectivity index (χ0n) is 8.25. The molecule has 0 atom stereocenters. The Labute approximate surface area is 82.5 Å². The summed E-state index contributed by atoms with van der Waals surface area (Å²) in [5.41, 5.74) is 0.774. The molecule has 14 heavy (non-hydrogen) atoms. The van der Waals surface area contributed by atoms with Crippen molar-refractivity contribution in [3.05, 3.63) is 35.6 Å². The van der Waals surface area contributed by atoms with Gasteiger partial charge in [0.05, 0.1) is 0 Å². The molecule has 0 saturated carbocycles. The Kier molecular flexibility index (Phi) is 3.45. The van der Waals surface area contributed by atoms with Crippen LogP contribution in [0.3, 0.4) is 0 Å². The highest BCUT2D eigenvalue weighted by atomic mass is 19.1. The second-order valence-corrected chi connectivity index (χ2v) is 3.04. The van der Waals surface area contributed by atoms with Crippen molar-refractivity contribution >= 4 is 6.03 Å². The molecular formula is C10H13FN2O. The Morgan fingerprint density at radius 1 is 1.57 bits per heavy atom. The van der Waals surface area contributed by atoms with Crippen molar-refractivity contribution in [3.63, 3.8) is 0 Å². The molecule has 1 aromatic carbocycles. The van der Waals surface area contributed by atoms with Gasteiger partial charge in [0, 0.05) is 20.6 Å². The second-order valence-electron chi connectivity index (χ2n) is 3.04. The Bertz CT molecular complexity index is 328. The lowest BCUT2D eigenvalue weighted by Crippen LogP contribution is -2.34. The number of rotatable bonds is 2. The first-order valence-electron chi connectivity index (χ1n) is 4.31. The standard InChI is InChI=1S/C10H13FN2O/c1-12-10(14)13(2)7-8-4-3-5-9(11)6-8/h3-6H,7H2,1-2H3,(H,12,14). The number of amides is 2. The number of benzene rings is 1. The van der Waals surface area contributed by atoms with Gasteiger partial charge in [-0.1, -0.05) is 12.1 Å². The Morgan fingerprint density at radius 2 is 2.29 bits per heavy atom. The van der Waals surface area contributed by atoms with Gasteiger partial charge in [0.25, 0.3) is 0 Å². The number of hydrogen-bond donors (Lipinski definition) is 1. The van der Waals surface area contributed by atoms with E-state index in [1.807, 2.05) is 0 Å². The molecule has 0 unspecified atom stereocenters. The molecule has 1 rings (SSSR count). The van der Waals surface area contributed by atoms with Crippen molar-refractivity contribution < 1.29 is 9.18 Å². The van der Waals surface area contributed by atoms with Crippen LogP contribution in [0.4, 0.5) is 9.18 Å². The maximum atomic E-state index is 12.8. The van der Waals surface area contributed by atoms with Gasteiger partial charge in [0.15, 0.2) is 0 Å². The van der Waals surface area contributed by atoms with E-state index in [0.717, 1.165) is 5.56 Å². The van der Waals surface area contributed by atoms with Crippen molar-refractivity contribution in [2.45, 2.75) is 6.54 Å². The van der Waals surface area contributed by atoms with Crippen molar-refractivity contribution in [2.75, 3.05) is 14.1 Å². The van der Waals surface area contributed by atoms with Gasteiger partial charge in [-0.3, -0.25) is 0 Å². The Hall–Kier alpha value is -1.58. The van der Waals surface area contributed by atoms with Crippen LogP contribution in [0.2, 0.25) is 0 Å². The molecule has 0 aliphatic rings. The molecule has 0 aliphatic carbocycles. The lowest BCUT2D eigenvalue weighted by molar-refractivity contribution is 0.209. The quantitative estimate of drug-likeness (QED) is 0.765. The van der Waals surface area contributed by atoms with E-state index in [9.17, 15) is 9.18 Å². The number of nitrogens with zero attached hydrogens (tertiary/aromatic N) is 1. The summed E-state index contributed by atoms with van der Waals surface area (Å²) in [6, 6.07) is 6.02. The zero-order chi connectivity index (χ0) is 10.6. The van der Waals surface area contributed by atoms with Gasteiger partial charge in [-0.05, 0) is 17.7 Å². The maximum Gasteiger partial charge on any atom is 0.317 e. The van der Waals surface area contributed by atoms with E-state index in [1.54, 1.807) is 26.2 Å². The molecule has 0 spiro atoms. The fourth-order valence-electron chi connectivity index (χ4n) is 1.17. The van der Waals surface area contributed by atoms with Gasteiger partial charge in [-0.25, -0.2) is 9.18 Å². The summed E-state index contributed by atoms with van der Waals surface area (Å²) in [7, 11) is 3.22. The largest absolute Gasteiger partial charge is 0.341 e. The molecule has 76 valence electrons. The van der Waals surface area contributed by atoms with Crippen LogP contribution in [0.5, 0.6) is 0 Å². The first kappa shape index (κ1) is 10.5. The molecule has 4 heteroatoms. The summed E-state index contributed by atoms with van der Waals surface area (Å²) < 4.78 is 12.8. The minimum atomic E-state index is -0.284. The van der Waals surface area contributed by atoms with Gasteiger partial charge in [0.2, 0.25) is 0 Å². The SMILES string of the molecule is CNC(=O)N(C)Cc1cccc(F)c1. The predicted octanol–water partition coefficient (Wildman–Crippen LogP) is 1.60. The third kappa shape index (κ3) is 2.73. The van der Waals surface area contributed by atoms with E-state index in [1.165, 1.54) is 17.0 Å². The van der Waals surface area contributed by atoms with E-state index >= 15 is 0 Å². The van der Waals surface area contributed by atoms with Crippen molar-refractivity contribution in [2.24, 2.45) is 0 Å². The van der Waals surface area contributed by atoms with Gasteiger partial charge >= 0.3 is 6.03 Å². The molecule has 0 aromatic heterocycles. The molecular weight excluding hydrogens is 183 g/mol. The molecule has 0 radical (unpaired) electrons. The van der Waals surface area contributed by atoms with E-state index < -0.39 is 0 Å². The van der Waals surface area contributed by atoms with Crippen LogP contribution in [0.1, 0.15) is 5.56 Å². The monoisotopic (exact) mass is 196 g/mol. The third-order valence-corrected chi connectivity index (χ3v) is 1.87. The minimum absolute atomic E-state index is 0.186. The van der Waals surface area contributed by atoms with Crippen molar-refractivity contribution in [3.8, 4) is 0 Å². The van der Waals surface area contributed by atoms with Gasteiger partial charge < -0.3 is 10.2 Å². The van der Waals surface area contributed by atoms with Crippen LogP contribution in [0.15, 0.2) is 24.3 Å². The fourth-order valence-corrected chi connectivity index (χ4v) is 1.17. The highest BCUT2D eigenvalue weighted by molar-refractivity contribution is 5.73. The molecule has 2 amide bonds. The Morgan fingerprint density at radius 3 is 2.86 bits per heavy atom. The van der Waals surface area contributed by atoms with Crippen LogP contribution < -0.4 is 5.32 Å². The highest BCUT2D eigenvalue weighted by Crippen LogP contribution is 2.05. The molecule has 0 fully saturated rings. The fraction of sp³-hybridized carbons (Fsp3) is 0.300.